The van der Waals surface area contributed by atoms with Gasteiger partial charge in [-0.15, -0.1) is 0 Å². The summed E-state index contributed by atoms with van der Waals surface area (Å²) in [6.45, 7) is 3.78. The zero-order chi connectivity index (χ0) is 14.8. The van der Waals surface area contributed by atoms with Crippen molar-refractivity contribution in [2.45, 2.75) is 76.4 Å². The summed E-state index contributed by atoms with van der Waals surface area (Å²) in [6.07, 6.45) is 5.81. The lowest BCUT2D eigenvalue weighted by Crippen LogP contribution is -2.45. The number of nitrogens with one attached hydrogen (secondary N) is 2. The molecule has 0 spiro atoms. The number of aliphatic carboxylic acids is 1. The molecule has 5 nitrogen and oxygen atoms in total. The van der Waals surface area contributed by atoms with Crippen LogP contribution in [-0.4, -0.2) is 34.6 Å². The summed E-state index contributed by atoms with van der Waals surface area (Å²) in [6, 6.07) is 1.21. The van der Waals surface area contributed by atoms with Gasteiger partial charge in [-0.3, -0.25) is 9.59 Å². The van der Waals surface area contributed by atoms with Crippen molar-refractivity contribution in [3.05, 3.63) is 0 Å². The number of hydrogen-bond acceptors (Lipinski definition) is 3. The highest BCUT2D eigenvalue weighted by molar-refractivity contribution is 5.77. The van der Waals surface area contributed by atoms with Gasteiger partial charge in [0, 0.05) is 30.5 Å². The highest BCUT2D eigenvalue weighted by atomic mass is 16.4. The van der Waals surface area contributed by atoms with E-state index in [1.165, 1.54) is 12.8 Å². The molecule has 2 unspecified atom stereocenters. The minimum atomic E-state index is -0.817. The molecular formula is C15H26N2O3. The van der Waals surface area contributed by atoms with Crippen LogP contribution in [0, 0.1) is 5.92 Å². The molecule has 2 heterocycles. The molecule has 2 aliphatic heterocycles. The third-order valence-corrected chi connectivity index (χ3v) is 4.49. The normalized spacial score (nSPS) is 29.2. The number of carboxylic acids is 1. The van der Waals surface area contributed by atoms with Gasteiger partial charge in [-0.05, 0) is 51.9 Å². The van der Waals surface area contributed by atoms with E-state index in [0.717, 1.165) is 12.8 Å². The zero-order valence-electron chi connectivity index (χ0n) is 12.4. The van der Waals surface area contributed by atoms with Crippen molar-refractivity contribution < 1.29 is 14.7 Å². The van der Waals surface area contributed by atoms with E-state index >= 15 is 0 Å². The number of carbonyl (C=O) groups is 2. The van der Waals surface area contributed by atoms with Crippen LogP contribution in [0.3, 0.4) is 0 Å². The predicted molar refractivity (Wildman–Crippen MR) is 76.4 cm³/mol. The molecule has 0 aromatic heterocycles. The number of piperidine rings is 1. The summed E-state index contributed by atoms with van der Waals surface area (Å²) >= 11 is 0. The molecule has 2 bridgehead atoms. The summed E-state index contributed by atoms with van der Waals surface area (Å²) in [5.74, 6) is -0.280. The van der Waals surface area contributed by atoms with Gasteiger partial charge in [-0.2, -0.15) is 0 Å². The van der Waals surface area contributed by atoms with Crippen molar-refractivity contribution in [3.63, 3.8) is 0 Å². The SMILES string of the molecule is CC(C)(CCC(=O)O)NC(=O)CC1CC2CCC(C1)N2. The monoisotopic (exact) mass is 282 g/mol. The lowest BCUT2D eigenvalue weighted by Gasteiger charge is -2.31. The van der Waals surface area contributed by atoms with Gasteiger partial charge in [-0.25, -0.2) is 0 Å². The van der Waals surface area contributed by atoms with Crippen LogP contribution >= 0.6 is 0 Å². The molecule has 0 aliphatic carbocycles. The molecule has 2 atom stereocenters. The second-order valence-corrected chi connectivity index (χ2v) is 7.01. The molecule has 20 heavy (non-hydrogen) atoms. The van der Waals surface area contributed by atoms with Crippen LogP contribution in [0.4, 0.5) is 0 Å². The molecule has 2 fully saturated rings. The zero-order valence-corrected chi connectivity index (χ0v) is 12.4. The van der Waals surface area contributed by atoms with Crippen LogP contribution in [0.2, 0.25) is 0 Å². The molecule has 3 N–H and O–H groups in total. The Balaban J connectivity index is 1.75. The molecule has 0 saturated carbocycles. The number of carboxylic acid groups (broad SMARTS) is 1. The van der Waals surface area contributed by atoms with Crippen LogP contribution in [0.15, 0.2) is 0 Å². The average Bonchev–Trinajstić information content (AvgIpc) is 2.65. The highest BCUT2D eigenvalue weighted by Crippen LogP contribution is 2.32. The summed E-state index contributed by atoms with van der Waals surface area (Å²) in [5.41, 5.74) is -0.443. The Hall–Kier alpha value is -1.10. The molecule has 2 aliphatic rings. The smallest absolute Gasteiger partial charge is 0.303 e. The van der Waals surface area contributed by atoms with E-state index in [4.69, 9.17) is 5.11 Å². The summed E-state index contributed by atoms with van der Waals surface area (Å²) in [4.78, 5) is 22.7. The quantitative estimate of drug-likeness (QED) is 0.692. The van der Waals surface area contributed by atoms with Gasteiger partial charge < -0.3 is 15.7 Å². The Morgan fingerprint density at radius 3 is 2.40 bits per heavy atom. The Kier molecular flexibility index (Phi) is 4.68. The third-order valence-electron chi connectivity index (χ3n) is 4.49. The first-order chi connectivity index (χ1) is 9.34. The van der Waals surface area contributed by atoms with E-state index in [1.807, 2.05) is 13.8 Å². The van der Waals surface area contributed by atoms with Gasteiger partial charge in [0.2, 0.25) is 5.91 Å². The van der Waals surface area contributed by atoms with Crippen LogP contribution in [0.1, 0.15) is 58.8 Å². The number of hydrogen-bond donors (Lipinski definition) is 3. The van der Waals surface area contributed by atoms with E-state index in [0.29, 0.717) is 30.8 Å². The molecule has 1 amide bonds. The standard InChI is InChI=1S/C15H26N2O3/c1-15(2,6-5-14(19)20)17-13(18)9-10-7-11-3-4-12(8-10)16-11/h10-12,16H,3-9H2,1-2H3,(H,17,18)(H,19,20). The van der Waals surface area contributed by atoms with Crippen LogP contribution in [0.5, 0.6) is 0 Å². The largest absolute Gasteiger partial charge is 0.481 e. The second-order valence-electron chi connectivity index (χ2n) is 7.01. The number of rotatable bonds is 6. The maximum atomic E-state index is 12.1. The van der Waals surface area contributed by atoms with Gasteiger partial charge >= 0.3 is 5.97 Å². The number of fused-ring (bicyclic) bond motifs is 2. The first kappa shape index (κ1) is 15.3. The fourth-order valence-corrected chi connectivity index (χ4v) is 3.51. The van der Waals surface area contributed by atoms with Crippen molar-refractivity contribution in [1.82, 2.24) is 10.6 Å². The summed E-state index contributed by atoms with van der Waals surface area (Å²) < 4.78 is 0. The highest BCUT2D eigenvalue weighted by Gasteiger charge is 2.34. The maximum absolute atomic E-state index is 12.1. The van der Waals surface area contributed by atoms with E-state index in [-0.39, 0.29) is 12.3 Å². The minimum Gasteiger partial charge on any atom is -0.481 e. The van der Waals surface area contributed by atoms with Crippen molar-refractivity contribution in [1.29, 1.82) is 0 Å². The molecule has 0 aromatic carbocycles. The maximum Gasteiger partial charge on any atom is 0.303 e. The number of amides is 1. The minimum absolute atomic E-state index is 0.0617. The van der Waals surface area contributed by atoms with Crippen LogP contribution < -0.4 is 10.6 Å². The lowest BCUT2D eigenvalue weighted by molar-refractivity contribution is -0.138. The lowest BCUT2D eigenvalue weighted by atomic mass is 9.89. The van der Waals surface area contributed by atoms with Gasteiger partial charge in [0.15, 0.2) is 0 Å². The first-order valence-corrected chi connectivity index (χ1v) is 7.63. The Bertz CT molecular complexity index is 369. The van der Waals surface area contributed by atoms with Gasteiger partial charge in [-0.1, -0.05) is 0 Å². The topological polar surface area (TPSA) is 78.4 Å². The van der Waals surface area contributed by atoms with Crippen LogP contribution in [-0.2, 0) is 9.59 Å². The first-order valence-electron chi connectivity index (χ1n) is 7.63. The molecule has 2 saturated heterocycles. The predicted octanol–water partition coefficient (Wildman–Crippen LogP) is 1.67. The Labute approximate surface area is 120 Å². The molecule has 5 heteroatoms. The molecule has 114 valence electrons. The van der Waals surface area contributed by atoms with Crippen LogP contribution in [0.25, 0.3) is 0 Å². The Morgan fingerprint density at radius 2 is 1.85 bits per heavy atom. The van der Waals surface area contributed by atoms with Crippen molar-refractivity contribution >= 4 is 11.9 Å². The van der Waals surface area contributed by atoms with Crippen molar-refractivity contribution in [2.24, 2.45) is 5.92 Å². The molecule has 0 radical (unpaired) electrons. The summed E-state index contributed by atoms with van der Waals surface area (Å²) in [5, 5.41) is 15.3. The van der Waals surface area contributed by atoms with E-state index in [9.17, 15) is 9.59 Å². The van der Waals surface area contributed by atoms with Gasteiger partial charge in [0.25, 0.3) is 0 Å². The van der Waals surface area contributed by atoms with E-state index in [2.05, 4.69) is 10.6 Å². The Morgan fingerprint density at radius 1 is 1.25 bits per heavy atom. The third kappa shape index (κ3) is 4.47. The van der Waals surface area contributed by atoms with Gasteiger partial charge in [0.1, 0.15) is 0 Å². The molecule has 2 rings (SSSR count). The van der Waals surface area contributed by atoms with Crippen molar-refractivity contribution in [2.75, 3.05) is 0 Å². The van der Waals surface area contributed by atoms with Crippen molar-refractivity contribution in [3.8, 4) is 0 Å². The molecule has 0 aromatic rings. The van der Waals surface area contributed by atoms with E-state index < -0.39 is 11.5 Å². The fourth-order valence-electron chi connectivity index (χ4n) is 3.51. The molecular weight excluding hydrogens is 256 g/mol. The fraction of sp³-hybridized carbons (Fsp3) is 0.867. The second kappa shape index (κ2) is 6.12. The van der Waals surface area contributed by atoms with E-state index in [1.54, 1.807) is 0 Å². The van der Waals surface area contributed by atoms with Gasteiger partial charge in [0.05, 0.1) is 0 Å². The summed E-state index contributed by atoms with van der Waals surface area (Å²) in [7, 11) is 0. The average molecular weight is 282 g/mol. The number of carbonyl (C=O) groups excluding carboxylic acids is 1.